The van der Waals surface area contributed by atoms with Crippen LogP contribution in [0.5, 0.6) is 0 Å². The molecule has 1 amide bonds. The Balaban J connectivity index is 2.05. The van der Waals surface area contributed by atoms with Crippen molar-refractivity contribution in [2.75, 3.05) is 0 Å². The molecule has 0 radical (unpaired) electrons. The van der Waals surface area contributed by atoms with E-state index in [9.17, 15) is 19.5 Å². The second-order valence-electron chi connectivity index (χ2n) is 6.13. The summed E-state index contributed by atoms with van der Waals surface area (Å²) in [4.78, 5) is 40.1. The Labute approximate surface area is 149 Å². The Morgan fingerprint density at radius 1 is 1.00 bits per heavy atom. The number of para-hydroxylation sites is 2. The predicted molar refractivity (Wildman–Crippen MR) is 98.1 cm³/mol. The number of Topliss-reactive ketones (excluding diaryl/α,β-unsaturated/α-hetero) is 1. The van der Waals surface area contributed by atoms with Gasteiger partial charge < -0.3 is 15.2 Å². The average Bonchev–Trinajstić information content (AvgIpc) is 2.62. The maximum atomic E-state index is 12.9. The normalized spacial score (nSPS) is 12.0. The smallest absolute Gasteiger partial charge is 0.326 e. The van der Waals surface area contributed by atoms with Gasteiger partial charge in [-0.2, -0.15) is 0 Å². The number of pyridine rings is 1. The van der Waals surface area contributed by atoms with Crippen molar-refractivity contribution in [1.82, 2.24) is 10.3 Å². The fourth-order valence-electron chi connectivity index (χ4n) is 2.92. The number of carbonyl (C=O) groups is 3. The first-order valence-corrected chi connectivity index (χ1v) is 8.28. The van der Waals surface area contributed by atoms with Crippen molar-refractivity contribution in [3.05, 3.63) is 54.1 Å². The van der Waals surface area contributed by atoms with E-state index in [1.807, 2.05) is 24.3 Å². The first-order valence-electron chi connectivity index (χ1n) is 8.28. The number of aromatic nitrogens is 1. The van der Waals surface area contributed by atoms with E-state index in [4.69, 9.17) is 0 Å². The van der Waals surface area contributed by atoms with Crippen molar-refractivity contribution in [2.45, 2.75) is 25.8 Å². The molecule has 0 bridgehead atoms. The Kier molecular flexibility index (Phi) is 4.93. The first-order chi connectivity index (χ1) is 12.5. The van der Waals surface area contributed by atoms with E-state index < -0.39 is 17.9 Å². The maximum Gasteiger partial charge on any atom is 0.326 e. The molecular weight excluding hydrogens is 332 g/mol. The van der Waals surface area contributed by atoms with Gasteiger partial charge in [0.2, 0.25) is 0 Å². The number of carbonyl (C=O) groups excluding carboxylic acids is 2. The molecule has 0 spiro atoms. The van der Waals surface area contributed by atoms with Gasteiger partial charge in [0.25, 0.3) is 5.91 Å². The minimum absolute atomic E-state index is 0.0529. The molecule has 0 aliphatic heterocycles. The van der Waals surface area contributed by atoms with Crippen LogP contribution in [0.15, 0.2) is 48.5 Å². The van der Waals surface area contributed by atoms with Gasteiger partial charge >= 0.3 is 5.97 Å². The number of nitrogens with one attached hydrogen (secondary N) is 1. The summed E-state index contributed by atoms with van der Waals surface area (Å²) < 4.78 is 0. The molecule has 2 N–H and O–H groups in total. The van der Waals surface area contributed by atoms with Crippen LogP contribution in [0.25, 0.3) is 21.8 Å². The monoisotopic (exact) mass is 350 g/mol. The van der Waals surface area contributed by atoms with Crippen LogP contribution in [0.2, 0.25) is 0 Å². The fourth-order valence-corrected chi connectivity index (χ4v) is 2.92. The number of rotatable bonds is 6. The van der Waals surface area contributed by atoms with E-state index in [1.54, 1.807) is 24.3 Å². The molecule has 0 aliphatic carbocycles. The van der Waals surface area contributed by atoms with Gasteiger partial charge in [-0.25, -0.2) is 9.78 Å². The molecule has 1 atom stereocenters. The molecule has 3 aromatic rings. The van der Waals surface area contributed by atoms with Crippen LogP contribution in [-0.2, 0) is 9.59 Å². The lowest BCUT2D eigenvalue weighted by atomic mass is 10.0. The number of hydrogen-bond donors (Lipinski definition) is 2. The summed E-state index contributed by atoms with van der Waals surface area (Å²) in [6.45, 7) is 1.39. The van der Waals surface area contributed by atoms with Crippen LogP contribution < -0.4 is 5.32 Å². The fraction of sp³-hybridized carbons (Fsp3) is 0.200. The quantitative estimate of drug-likeness (QED) is 0.666. The highest BCUT2D eigenvalue weighted by Crippen LogP contribution is 2.26. The summed E-state index contributed by atoms with van der Waals surface area (Å²) in [6.07, 6.45) is 0.145. The molecule has 26 heavy (non-hydrogen) atoms. The highest BCUT2D eigenvalue weighted by molar-refractivity contribution is 6.16. The maximum absolute atomic E-state index is 12.9. The molecule has 3 rings (SSSR count). The van der Waals surface area contributed by atoms with Crippen LogP contribution in [-0.4, -0.2) is 33.8 Å². The molecule has 0 saturated heterocycles. The zero-order chi connectivity index (χ0) is 18.7. The standard InChI is InChI=1S/C20H18N2O4/c1-12(23)10-11-17(20(25)26)22-19(24)18-13-6-2-4-8-15(13)21-16-9-5-3-7-14(16)18/h2-9,17H,10-11H2,1H3,(H,22,24)(H,25,26)/t17-/m1/s1. The van der Waals surface area contributed by atoms with E-state index in [2.05, 4.69) is 10.3 Å². The lowest BCUT2D eigenvalue weighted by Crippen LogP contribution is -2.41. The Morgan fingerprint density at radius 2 is 1.54 bits per heavy atom. The van der Waals surface area contributed by atoms with Crippen molar-refractivity contribution in [3.63, 3.8) is 0 Å². The van der Waals surface area contributed by atoms with Crippen molar-refractivity contribution in [2.24, 2.45) is 0 Å². The molecule has 1 heterocycles. The number of carboxylic acid groups (broad SMARTS) is 1. The highest BCUT2D eigenvalue weighted by Gasteiger charge is 2.23. The number of aliphatic carboxylic acids is 1. The van der Waals surface area contributed by atoms with Gasteiger partial charge in [0.1, 0.15) is 11.8 Å². The molecule has 0 aliphatic rings. The third kappa shape index (κ3) is 3.54. The average molecular weight is 350 g/mol. The van der Waals surface area contributed by atoms with Crippen LogP contribution in [0.1, 0.15) is 30.1 Å². The van der Waals surface area contributed by atoms with Crippen LogP contribution >= 0.6 is 0 Å². The summed E-state index contributed by atoms with van der Waals surface area (Å²) in [5, 5.41) is 13.2. The molecule has 6 nitrogen and oxygen atoms in total. The van der Waals surface area contributed by atoms with Crippen LogP contribution in [0.4, 0.5) is 0 Å². The van der Waals surface area contributed by atoms with Gasteiger partial charge in [-0.15, -0.1) is 0 Å². The van der Waals surface area contributed by atoms with E-state index in [-0.39, 0.29) is 18.6 Å². The van der Waals surface area contributed by atoms with Crippen LogP contribution in [0.3, 0.4) is 0 Å². The number of ketones is 1. The number of hydrogen-bond acceptors (Lipinski definition) is 4. The minimum atomic E-state index is -1.16. The van der Waals surface area contributed by atoms with Crippen molar-refractivity contribution < 1.29 is 19.5 Å². The van der Waals surface area contributed by atoms with E-state index in [0.717, 1.165) is 0 Å². The Hall–Kier alpha value is -3.28. The summed E-state index contributed by atoms with van der Waals surface area (Å²) in [7, 11) is 0. The molecule has 0 fully saturated rings. The number of amides is 1. The highest BCUT2D eigenvalue weighted by atomic mass is 16.4. The van der Waals surface area contributed by atoms with Gasteiger partial charge in [-0.1, -0.05) is 36.4 Å². The topological polar surface area (TPSA) is 96.4 Å². The molecule has 2 aromatic carbocycles. The molecule has 1 aromatic heterocycles. The summed E-state index contributed by atoms with van der Waals surface area (Å²) in [6, 6.07) is 13.3. The Morgan fingerprint density at radius 3 is 2.04 bits per heavy atom. The first kappa shape index (κ1) is 17.5. The number of carboxylic acids is 1. The van der Waals surface area contributed by atoms with Crippen molar-refractivity contribution >= 4 is 39.5 Å². The largest absolute Gasteiger partial charge is 0.480 e. The summed E-state index contributed by atoms with van der Waals surface area (Å²) in [5.41, 5.74) is 1.71. The summed E-state index contributed by atoms with van der Waals surface area (Å²) >= 11 is 0. The van der Waals surface area contributed by atoms with E-state index in [1.165, 1.54) is 6.92 Å². The zero-order valence-corrected chi connectivity index (χ0v) is 14.2. The lowest BCUT2D eigenvalue weighted by Gasteiger charge is -2.16. The van der Waals surface area contributed by atoms with E-state index >= 15 is 0 Å². The summed E-state index contributed by atoms with van der Waals surface area (Å²) in [5.74, 6) is -1.77. The SMILES string of the molecule is CC(=O)CC[C@@H](NC(=O)c1c2ccccc2nc2ccccc12)C(=O)O. The second-order valence-corrected chi connectivity index (χ2v) is 6.13. The third-order valence-electron chi connectivity index (χ3n) is 4.20. The van der Waals surface area contributed by atoms with Gasteiger partial charge in [0, 0.05) is 17.2 Å². The number of nitrogens with zero attached hydrogens (tertiary/aromatic N) is 1. The number of benzene rings is 2. The van der Waals surface area contributed by atoms with Gasteiger partial charge in [0.15, 0.2) is 0 Å². The predicted octanol–water partition coefficient (Wildman–Crippen LogP) is 2.94. The van der Waals surface area contributed by atoms with Gasteiger partial charge in [-0.3, -0.25) is 4.79 Å². The second kappa shape index (κ2) is 7.31. The molecule has 0 saturated carbocycles. The molecule has 132 valence electrons. The molecule has 0 unspecified atom stereocenters. The number of fused-ring (bicyclic) bond motifs is 2. The lowest BCUT2D eigenvalue weighted by molar-refractivity contribution is -0.139. The van der Waals surface area contributed by atoms with Crippen LogP contribution in [0, 0.1) is 0 Å². The van der Waals surface area contributed by atoms with E-state index in [0.29, 0.717) is 27.4 Å². The van der Waals surface area contributed by atoms with Crippen molar-refractivity contribution in [3.8, 4) is 0 Å². The zero-order valence-electron chi connectivity index (χ0n) is 14.2. The van der Waals surface area contributed by atoms with Gasteiger partial charge in [0.05, 0.1) is 16.6 Å². The molecule has 6 heteroatoms. The van der Waals surface area contributed by atoms with Crippen molar-refractivity contribution in [1.29, 1.82) is 0 Å². The third-order valence-corrected chi connectivity index (χ3v) is 4.20. The van der Waals surface area contributed by atoms with Gasteiger partial charge in [-0.05, 0) is 25.5 Å². The Bertz CT molecular complexity index is 959. The minimum Gasteiger partial charge on any atom is -0.480 e. The molecular formula is C20H18N2O4.